The smallest absolute Gasteiger partial charge is 0.319 e. The van der Waals surface area contributed by atoms with Crippen molar-refractivity contribution in [1.82, 2.24) is 0 Å². The fourth-order valence-electron chi connectivity index (χ4n) is 2.89. The fraction of sp³-hybridized carbons (Fsp3) is 0.889. The molecule has 0 radical (unpaired) electrons. The van der Waals surface area contributed by atoms with Crippen LogP contribution >= 0.6 is 0 Å². The average Bonchev–Trinajstić information content (AvgIpc) is 2.53. The summed E-state index contributed by atoms with van der Waals surface area (Å²) in [6.07, 6.45) is 9.54. The van der Waals surface area contributed by atoms with Crippen LogP contribution in [-0.4, -0.2) is 32.6 Å². The molecular weight excluding hydrogens is 280 g/mol. The fourth-order valence-corrected chi connectivity index (χ4v) is 2.89. The highest BCUT2D eigenvalue weighted by molar-refractivity contribution is 6.04. The Morgan fingerprint density at radius 3 is 1.68 bits per heavy atom. The lowest BCUT2D eigenvalue weighted by molar-refractivity contribution is -0.160. The molecule has 0 saturated carbocycles. The Balaban J connectivity index is 4.97. The lowest BCUT2D eigenvalue weighted by Crippen LogP contribution is -2.42. The van der Waals surface area contributed by atoms with Gasteiger partial charge in [0.05, 0.1) is 7.11 Å². The van der Waals surface area contributed by atoms with Crippen molar-refractivity contribution in [3.8, 4) is 0 Å². The molecule has 0 saturated heterocycles. The maximum absolute atomic E-state index is 12.6. The number of carbonyl (C=O) groups is 2. The molecule has 0 spiro atoms. The van der Waals surface area contributed by atoms with E-state index in [9.17, 15) is 9.59 Å². The van der Waals surface area contributed by atoms with Gasteiger partial charge in [0, 0.05) is 7.11 Å². The van der Waals surface area contributed by atoms with Gasteiger partial charge >= 0.3 is 5.97 Å². The number of carbonyl (C=O) groups excluding carboxylic acids is 2. The van der Waals surface area contributed by atoms with Crippen molar-refractivity contribution in [3.05, 3.63) is 0 Å². The number of ketones is 1. The van der Waals surface area contributed by atoms with Crippen LogP contribution in [0.3, 0.4) is 0 Å². The number of methoxy groups -OCH3 is 2. The van der Waals surface area contributed by atoms with E-state index in [0.717, 1.165) is 51.4 Å². The molecule has 0 fully saturated rings. The molecule has 22 heavy (non-hydrogen) atoms. The van der Waals surface area contributed by atoms with Crippen LogP contribution in [0.1, 0.15) is 78.1 Å². The molecule has 0 N–H and O–H groups in total. The number of ether oxygens (including phenoxy) is 2. The van der Waals surface area contributed by atoms with Crippen LogP contribution in [0, 0.1) is 5.41 Å². The standard InChI is InChI=1S/C18H34O4/c1-5-7-9-11-13-18(17(20)22-4,16(19)15-21-3)14-12-10-8-6-2/h5-15H2,1-4H3. The van der Waals surface area contributed by atoms with Gasteiger partial charge in [-0.05, 0) is 12.8 Å². The van der Waals surface area contributed by atoms with Gasteiger partial charge in [-0.3, -0.25) is 9.59 Å². The minimum Gasteiger partial charge on any atom is -0.468 e. The van der Waals surface area contributed by atoms with E-state index >= 15 is 0 Å². The lowest BCUT2D eigenvalue weighted by Gasteiger charge is -2.29. The Hall–Kier alpha value is -0.900. The first-order chi connectivity index (χ1) is 10.6. The molecule has 0 aromatic rings. The molecule has 0 aromatic heterocycles. The number of hydrogen-bond donors (Lipinski definition) is 0. The Morgan fingerprint density at radius 1 is 0.818 bits per heavy atom. The first kappa shape index (κ1) is 21.1. The van der Waals surface area contributed by atoms with E-state index < -0.39 is 5.41 Å². The Bertz CT molecular complexity index is 300. The largest absolute Gasteiger partial charge is 0.468 e. The number of hydrogen-bond acceptors (Lipinski definition) is 4. The molecule has 0 aliphatic carbocycles. The first-order valence-electron chi connectivity index (χ1n) is 8.69. The third-order valence-electron chi connectivity index (χ3n) is 4.30. The summed E-state index contributed by atoms with van der Waals surface area (Å²) in [7, 11) is 2.86. The SMILES string of the molecule is CCCCCCC(CCCCCC)(C(=O)COC)C(=O)OC. The monoisotopic (exact) mass is 314 g/mol. The van der Waals surface area contributed by atoms with Crippen LogP contribution in [-0.2, 0) is 19.1 Å². The molecular formula is C18H34O4. The van der Waals surface area contributed by atoms with Crippen molar-refractivity contribution in [2.24, 2.45) is 5.41 Å². The van der Waals surface area contributed by atoms with Crippen LogP contribution in [0.4, 0.5) is 0 Å². The van der Waals surface area contributed by atoms with Gasteiger partial charge in [0.2, 0.25) is 0 Å². The summed E-state index contributed by atoms with van der Waals surface area (Å²) < 4.78 is 9.98. The van der Waals surface area contributed by atoms with E-state index in [-0.39, 0.29) is 18.4 Å². The Morgan fingerprint density at radius 2 is 1.32 bits per heavy atom. The molecule has 0 bridgehead atoms. The normalized spacial score (nSPS) is 11.5. The van der Waals surface area contributed by atoms with Crippen molar-refractivity contribution in [1.29, 1.82) is 0 Å². The molecule has 130 valence electrons. The van der Waals surface area contributed by atoms with Crippen LogP contribution < -0.4 is 0 Å². The third-order valence-corrected chi connectivity index (χ3v) is 4.30. The summed E-state index contributed by atoms with van der Waals surface area (Å²) in [6.45, 7) is 4.28. The van der Waals surface area contributed by atoms with E-state index in [1.807, 2.05) is 0 Å². The Labute approximate surface area is 135 Å². The predicted octanol–water partition coefficient (Wildman–Crippen LogP) is 4.30. The van der Waals surface area contributed by atoms with Gasteiger partial charge in [-0.1, -0.05) is 65.2 Å². The quantitative estimate of drug-likeness (QED) is 0.272. The summed E-state index contributed by atoms with van der Waals surface area (Å²) in [6, 6.07) is 0. The van der Waals surface area contributed by atoms with E-state index in [1.54, 1.807) is 0 Å². The van der Waals surface area contributed by atoms with Crippen molar-refractivity contribution in [2.75, 3.05) is 20.8 Å². The van der Waals surface area contributed by atoms with E-state index in [0.29, 0.717) is 12.8 Å². The molecule has 0 aliphatic rings. The zero-order chi connectivity index (χ0) is 16.8. The number of Topliss-reactive ketones (excluding diaryl/α,β-unsaturated/α-hetero) is 1. The van der Waals surface area contributed by atoms with Crippen molar-refractivity contribution in [3.63, 3.8) is 0 Å². The lowest BCUT2D eigenvalue weighted by atomic mass is 9.74. The molecule has 0 aromatic carbocycles. The summed E-state index contributed by atoms with van der Waals surface area (Å²) in [4.78, 5) is 24.9. The second-order valence-electron chi connectivity index (χ2n) is 6.05. The highest BCUT2D eigenvalue weighted by Gasteiger charge is 2.45. The van der Waals surface area contributed by atoms with Gasteiger partial charge in [-0.2, -0.15) is 0 Å². The van der Waals surface area contributed by atoms with Gasteiger partial charge in [0.1, 0.15) is 12.0 Å². The Kier molecular flexibility index (Phi) is 12.1. The topological polar surface area (TPSA) is 52.6 Å². The summed E-state index contributed by atoms with van der Waals surface area (Å²) in [5.41, 5.74) is -1.01. The van der Waals surface area contributed by atoms with Crippen LogP contribution in [0.5, 0.6) is 0 Å². The highest BCUT2D eigenvalue weighted by Crippen LogP contribution is 2.34. The van der Waals surface area contributed by atoms with Crippen molar-refractivity contribution in [2.45, 2.75) is 78.1 Å². The molecule has 0 atom stereocenters. The number of rotatable bonds is 14. The van der Waals surface area contributed by atoms with Gasteiger partial charge in [-0.15, -0.1) is 0 Å². The van der Waals surface area contributed by atoms with Crippen LogP contribution in [0.25, 0.3) is 0 Å². The van der Waals surface area contributed by atoms with Gasteiger partial charge in [-0.25, -0.2) is 0 Å². The maximum atomic E-state index is 12.6. The van der Waals surface area contributed by atoms with E-state index in [4.69, 9.17) is 9.47 Å². The molecule has 0 rings (SSSR count). The molecule has 0 unspecified atom stereocenters. The minimum atomic E-state index is -1.01. The van der Waals surface area contributed by atoms with Crippen LogP contribution in [0.15, 0.2) is 0 Å². The van der Waals surface area contributed by atoms with Gasteiger partial charge in [0.15, 0.2) is 5.78 Å². The summed E-state index contributed by atoms with van der Waals surface area (Å²) in [5.74, 6) is -0.516. The second-order valence-corrected chi connectivity index (χ2v) is 6.05. The second kappa shape index (κ2) is 12.6. The van der Waals surface area contributed by atoms with Crippen LogP contribution in [0.2, 0.25) is 0 Å². The van der Waals surface area contributed by atoms with Crippen molar-refractivity contribution >= 4 is 11.8 Å². The summed E-state index contributed by atoms with van der Waals surface area (Å²) in [5, 5.41) is 0. The zero-order valence-electron chi connectivity index (χ0n) is 14.9. The summed E-state index contributed by atoms with van der Waals surface area (Å²) >= 11 is 0. The van der Waals surface area contributed by atoms with E-state index in [1.165, 1.54) is 14.2 Å². The van der Waals surface area contributed by atoms with Crippen molar-refractivity contribution < 1.29 is 19.1 Å². The molecule has 4 heteroatoms. The molecule has 4 nitrogen and oxygen atoms in total. The predicted molar refractivity (Wildman–Crippen MR) is 88.9 cm³/mol. The van der Waals surface area contributed by atoms with Gasteiger partial charge in [0.25, 0.3) is 0 Å². The molecule has 0 amide bonds. The highest BCUT2D eigenvalue weighted by atomic mass is 16.5. The van der Waals surface area contributed by atoms with E-state index in [2.05, 4.69) is 13.8 Å². The minimum absolute atomic E-state index is 0.0172. The maximum Gasteiger partial charge on any atom is 0.319 e. The van der Waals surface area contributed by atoms with Gasteiger partial charge < -0.3 is 9.47 Å². The molecule has 0 aliphatic heterocycles. The third kappa shape index (κ3) is 6.91. The molecule has 0 heterocycles. The number of unbranched alkanes of at least 4 members (excludes halogenated alkanes) is 6. The zero-order valence-corrected chi connectivity index (χ0v) is 14.9. The average molecular weight is 314 g/mol. The number of esters is 1. The first-order valence-corrected chi connectivity index (χ1v) is 8.69.